The first kappa shape index (κ1) is 42.2. The van der Waals surface area contributed by atoms with Gasteiger partial charge in [-0.25, -0.2) is 24.5 Å². The second-order valence-electron chi connectivity index (χ2n) is 16.5. The lowest BCUT2D eigenvalue weighted by molar-refractivity contribution is -0.137. The number of pyridine rings is 1. The minimum atomic E-state index is -0.890. The van der Waals surface area contributed by atoms with E-state index >= 15 is 0 Å². The average molecular weight is 866 g/mol. The molecule has 3 aromatic carbocycles. The molecule has 0 saturated carbocycles. The first-order valence-electron chi connectivity index (χ1n) is 21.8. The molecule has 3 saturated heterocycles. The minimum absolute atomic E-state index is 0.0347. The Labute approximate surface area is 370 Å². The lowest BCUT2D eigenvalue weighted by Gasteiger charge is -2.34. The van der Waals surface area contributed by atoms with Crippen molar-refractivity contribution in [2.45, 2.75) is 62.7 Å². The summed E-state index contributed by atoms with van der Waals surface area (Å²) in [5.74, 6) is 1.03. The van der Waals surface area contributed by atoms with Gasteiger partial charge >= 0.3 is 12.2 Å². The Morgan fingerprint density at radius 1 is 0.719 bits per heavy atom. The lowest BCUT2D eigenvalue weighted by Crippen LogP contribution is -2.53. The molecule has 9 rings (SSSR count). The van der Waals surface area contributed by atoms with Crippen molar-refractivity contribution >= 4 is 34.9 Å². The van der Waals surface area contributed by atoms with Crippen molar-refractivity contribution in [3.05, 3.63) is 115 Å². The number of aromatic nitrogens is 5. The number of hydrogen-bond donors (Lipinski definition) is 4. The van der Waals surface area contributed by atoms with Crippen LogP contribution < -0.4 is 10.6 Å². The molecular weight excluding hydrogens is 815 g/mol. The van der Waals surface area contributed by atoms with Gasteiger partial charge in [-0.15, -0.1) is 0 Å². The predicted octanol–water partition coefficient (Wildman–Crippen LogP) is 7.26. The zero-order valence-corrected chi connectivity index (χ0v) is 35.8. The molecule has 330 valence electrons. The molecule has 16 nitrogen and oxygen atoms in total. The van der Waals surface area contributed by atoms with Crippen molar-refractivity contribution in [1.29, 1.82) is 0 Å². The molecule has 0 aliphatic carbocycles. The number of benzene rings is 3. The monoisotopic (exact) mass is 865 g/mol. The van der Waals surface area contributed by atoms with Crippen LogP contribution in [0.25, 0.3) is 44.7 Å². The predicted molar refractivity (Wildman–Crippen MR) is 237 cm³/mol. The van der Waals surface area contributed by atoms with Gasteiger partial charge < -0.3 is 44.6 Å². The Morgan fingerprint density at radius 2 is 1.39 bits per heavy atom. The first-order valence-corrected chi connectivity index (χ1v) is 21.8. The largest absolute Gasteiger partial charge is 0.453 e. The smallest absolute Gasteiger partial charge is 0.407 e. The summed E-state index contributed by atoms with van der Waals surface area (Å²) in [6.45, 7) is 2.24. The molecule has 3 fully saturated rings. The van der Waals surface area contributed by atoms with Crippen LogP contribution in [0.1, 0.15) is 73.9 Å². The zero-order valence-electron chi connectivity index (χ0n) is 35.8. The molecule has 6 heterocycles. The molecule has 3 aliphatic rings. The first-order chi connectivity index (χ1) is 31.3. The number of alkyl carbamates (subject to hydrolysis) is 2. The highest BCUT2D eigenvalue weighted by atomic mass is 16.5. The molecule has 0 spiro atoms. The summed E-state index contributed by atoms with van der Waals surface area (Å²) in [5, 5.41) is 6.49. The van der Waals surface area contributed by atoms with E-state index in [4.69, 9.17) is 29.2 Å². The number of methoxy groups -OCH3 is 2. The van der Waals surface area contributed by atoms with Crippen molar-refractivity contribution in [2.24, 2.45) is 5.92 Å². The number of carbonyl (C=O) groups is 4. The van der Waals surface area contributed by atoms with Gasteiger partial charge in [0.1, 0.15) is 23.7 Å². The van der Waals surface area contributed by atoms with Crippen LogP contribution in [0.3, 0.4) is 0 Å². The highest BCUT2D eigenvalue weighted by molar-refractivity contribution is 5.89. The van der Waals surface area contributed by atoms with Crippen molar-refractivity contribution in [3.8, 4) is 33.8 Å². The number of imidazole rings is 2. The number of ether oxygens (including phenoxy) is 3. The van der Waals surface area contributed by atoms with Crippen LogP contribution in [-0.4, -0.2) is 105 Å². The molecule has 64 heavy (non-hydrogen) atoms. The summed E-state index contributed by atoms with van der Waals surface area (Å²) in [6, 6.07) is 25.3. The standard InChI is InChI=1S/C48H51N9O7/c1-62-47(60)54-41(31-8-4-3-5-9-31)45(58)56-22-7-11-40(56)44-50-28-38(53-44)34-17-19-36-33(26-34)16-18-35(51-36)29-12-14-30(15-13-29)37-27-49-43(52-37)39-10-6-23-57(39)46(59)42(55-48(61)63-2)32-20-24-64-25-21-32/h3-5,8-9,12-19,26-28,32,39-42H,6-7,10-11,20-25H2,1-2H3,(H,49,52)(H,50,53)(H,54,60)(H,55,61)/t39-,40?,41+,42-/m0/s1. The summed E-state index contributed by atoms with van der Waals surface area (Å²) in [4.78, 5) is 77.6. The van der Waals surface area contributed by atoms with Gasteiger partial charge in [0.15, 0.2) is 0 Å². The maximum absolute atomic E-state index is 14.0. The van der Waals surface area contributed by atoms with Gasteiger partial charge in [0.2, 0.25) is 5.91 Å². The van der Waals surface area contributed by atoms with Crippen LogP contribution in [0.5, 0.6) is 0 Å². The number of fused-ring (bicyclic) bond motifs is 1. The summed E-state index contributed by atoms with van der Waals surface area (Å²) >= 11 is 0. The fourth-order valence-corrected chi connectivity index (χ4v) is 9.27. The highest BCUT2D eigenvalue weighted by Crippen LogP contribution is 2.36. The SMILES string of the molecule is COC(=O)N[C@H](C(=O)N1CCC[C@H]1c1ncc(-c2ccc(-c3ccc4cc(-c5c[nH]c(C6CCCN6C(=O)[C@H](NC(=O)OC)c6ccccc6)n5)ccc4n3)cc2)[nH]1)C1CCOCC1. The van der Waals surface area contributed by atoms with Gasteiger partial charge in [0.25, 0.3) is 5.91 Å². The molecule has 0 bridgehead atoms. The number of nitrogens with zero attached hydrogens (tertiary/aromatic N) is 5. The number of rotatable bonds is 11. The Bertz CT molecular complexity index is 2620. The van der Waals surface area contributed by atoms with Crippen LogP contribution in [0, 0.1) is 5.92 Å². The Kier molecular flexibility index (Phi) is 12.4. The normalized spacial score (nSPS) is 18.7. The van der Waals surface area contributed by atoms with E-state index in [0.29, 0.717) is 56.4 Å². The second-order valence-corrected chi connectivity index (χ2v) is 16.5. The number of hydrogen-bond acceptors (Lipinski definition) is 10. The Morgan fingerprint density at radius 3 is 2.12 bits per heavy atom. The molecule has 1 unspecified atom stereocenters. The fourth-order valence-electron chi connectivity index (χ4n) is 9.27. The molecule has 0 radical (unpaired) electrons. The number of likely N-dealkylation sites (tertiary alicyclic amines) is 2. The molecule has 4 N–H and O–H groups in total. The molecule has 6 aromatic rings. The second kappa shape index (κ2) is 18.7. The van der Waals surface area contributed by atoms with Crippen molar-refractivity contribution in [2.75, 3.05) is 40.5 Å². The van der Waals surface area contributed by atoms with E-state index in [-0.39, 0.29) is 29.8 Å². The summed E-state index contributed by atoms with van der Waals surface area (Å²) in [7, 11) is 2.58. The molecular formula is C48H51N9O7. The third-order valence-corrected chi connectivity index (χ3v) is 12.7. The van der Waals surface area contributed by atoms with Crippen LogP contribution in [0.4, 0.5) is 9.59 Å². The van der Waals surface area contributed by atoms with E-state index in [1.165, 1.54) is 14.2 Å². The summed E-state index contributed by atoms with van der Waals surface area (Å²) in [5.41, 5.74) is 6.78. The van der Waals surface area contributed by atoms with E-state index in [9.17, 15) is 19.2 Å². The third kappa shape index (κ3) is 8.78. The van der Waals surface area contributed by atoms with Crippen molar-refractivity contribution < 1.29 is 33.4 Å². The van der Waals surface area contributed by atoms with Gasteiger partial charge in [-0.05, 0) is 73.8 Å². The lowest BCUT2D eigenvalue weighted by atomic mass is 9.90. The third-order valence-electron chi connectivity index (χ3n) is 12.7. The van der Waals surface area contributed by atoms with E-state index in [2.05, 4.69) is 32.7 Å². The topological polar surface area (TPSA) is 197 Å². The number of amides is 4. The molecule has 3 aliphatic heterocycles. The number of H-pyrrole nitrogens is 2. The molecule has 3 aromatic heterocycles. The van der Waals surface area contributed by atoms with Gasteiger partial charge in [-0.1, -0.05) is 66.7 Å². The summed E-state index contributed by atoms with van der Waals surface area (Å²) < 4.78 is 15.2. The Hall–Kier alpha value is -7.07. The van der Waals surface area contributed by atoms with Gasteiger partial charge in [-0.3, -0.25) is 9.59 Å². The minimum Gasteiger partial charge on any atom is -0.453 e. The van der Waals surface area contributed by atoms with E-state index in [1.807, 2.05) is 83.9 Å². The van der Waals surface area contributed by atoms with E-state index < -0.39 is 24.3 Å². The van der Waals surface area contributed by atoms with Gasteiger partial charge in [0, 0.05) is 49.0 Å². The van der Waals surface area contributed by atoms with Crippen LogP contribution in [-0.2, 0) is 23.8 Å². The average Bonchev–Trinajstić information content (AvgIpc) is 4.20. The van der Waals surface area contributed by atoms with E-state index in [1.54, 1.807) is 11.1 Å². The van der Waals surface area contributed by atoms with Crippen molar-refractivity contribution in [1.82, 2.24) is 45.4 Å². The number of aromatic amines is 2. The number of carbonyl (C=O) groups excluding carboxylic acids is 4. The summed E-state index contributed by atoms with van der Waals surface area (Å²) in [6.07, 6.45) is 6.90. The molecule has 4 atom stereocenters. The molecule has 16 heteroatoms. The maximum atomic E-state index is 14.0. The number of nitrogens with one attached hydrogen (secondary N) is 4. The van der Waals surface area contributed by atoms with Crippen LogP contribution in [0.2, 0.25) is 0 Å². The van der Waals surface area contributed by atoms with Gasteiger partial charge in [-0.2, -0.15) is 0 Å². The van der Waals surface area contributed by atoms with Crippen LogP contribution >= 0.6 is 0 Å². The van der Waals surface area contributed by atoms with Crippen molar-refractivity contribution in [3.63, 3.8) is 0 Å². The maximum Gasteiger partial charge on any atom is 0.407 e. The Balaban J connectivity index is 0.868. The van der Waals surface area contributed by atoms with Gasteiger partial charge in [0.05, 0.1) is 55.1 Å². The zero-order chi connectivity index (χ0) is 44.2. The molecule has 4 amide bonds. The van der Waals surface area contributed by atoms with E-state index in [0.717, 1.165) is 70.4 Å². The highest BCUT2D eigenvalue weighted by Gasteiger charge is 2.40. The van der Waals surface area contributed by atoms with Crippen LogP contribution in [0.15, 0.2) is 97.3 Å². The fraction of sp³-hybridized carbons (Fsp3) is 0.354. The quantitative estimate of drug-likeness (QED) is 0.103.